The van der Waals surface area contributed by atoms with Gasteiger partial charge in [-0.3, -0.25) is 0 Å². The summed E-state index contributed by atoms with van der Waals surface area (Å²) in [6.45, 7) is 4.48. The minimum Gasteiger partial charge on any atom is -0.336 e. The number of nitrogens with zero attached hydrogens (tertiary/aromatic N) is 1. The lowest BCUT2D eigenvalue weighted by Gasteiger charge is -2.36. The summed E-state index contributed by atoms with van der Waals surface area (Å²) in [5.74, 6) is 0. The molecule has 22 heavy (non-hydrogen) atoms. The van der Waals surface area contributed by atoms with E-state index in [0.717, 1.165) is 12.8 Å². The van der Waals surface area contributed by atoms with E-state index in [9.17, 15) is 0 Å². The van der Waals surface area contributed by atoms with E-state index in [0.29, 0.717) is 6.04 Å². The van der Waals surface area contributed by atoms with Crippen LogP contribution in [-0.2, 0) is 0 Å². The quantitative estimate of drug-likeness (QED) is 0.679. The molecule has 0 bridgehead atoms. The predicted molar refractivity (Wildman–Crippen MR) is 94.9 cm³/mol. The molecule has 0 fully saturated rings. The highest BCUT2D eigenvalue weighted by Crippen LogP contribution is 2.38. The van der Waals surface area contributed by atoms with Crippen LogP contribution in [0.4, 0.5) is 5.69 Å². The summed E-state index contributed by atoms with van der Waals surface area (Å²) in [4.78, 5) is 2.42. The Balaban J connectivity index is 2.10. The van der Waals surface area contributed by atoms with Crippen molar-refractivity contribution < 1.29 is 0 Å². The fraction of sp³-hybridized carbons (Fsp3) is 0.238. The molecule has 1 nitrogen and oxygen atoms in total. The molecule has 0 amide bonds. The summed E-state index contributed by atoms with van der Waals surface area (Å²) < 4.78 is 0. The second-order valence-electron chi connectivity index (χ2n) is 5.69. The third-order valence-corrected chi connectivity index (χ3v) is 4.29. The smallest absolute Gasteiger partial charge is 0.0802 e. The number of hydrogen-bond donors (Lipinski definition) is 0. The normalized spacial score (nSPS) is 17.9. The first-order valence-corrected chi connectivity index (χ1v) is 8.13. The van der Waals surface area contributed by atoms with Crippen LogP contribution in [0.3, 0.4) is 0 Å². The molecule has 0 spiro atoms. The summed E-state index contributed by atoms with van der Waals surface area (Å²) in [5, 5.41) is 0. The van der Waals surface area contributed by atoms with Gasteiger partial charge >= 0.3 is 0 Å². The fourth-order valence-corrected chi connectivity index (χ4v) is 3.11. The van der Waals surface area contributed by atoms with Gasteiger partial charge in [-0.05, 0) is 41.7 Å². The largest absolute Gasteiger partial charge is 0.336 e. The molecule has 1 aliphatic rings. The Labute approximate surface area is 133 Å². The number of rotatable bonds is 4. The Hall–Kier alpha value is -2.28. The third kappa shape index (κ3) is 2.85. The van der Waals surface area contributed by atoms with Crippen LogP contribution >= 0.6 is 0 Å². The van der Waals surface area contributed by atoms with E-state index in [2.05, 4.69) is 91.7 Å². The Morgan fingerprint density at radius 3 is 2.05 bits per heavy atom. The van der Waals surface area contributed by atoms with Gasteiger partial charge in [-0.2, -0.15) is 0 Å². The first-order valence-electron chi connectivity index (χ1n) is 8.13. The molecule has 2 aromatic carbocycles. The van der Waals surface area contributed by atoms with Gasteiger partial charge in [0.15, 0.2) is 0 Å². The lowest BCUT2D eigenvalue weighted by atomic mass is 9.90. The van der Waals surface area contributed by atoms with Crippen molar-refractivity contribution in [3.8, 4) is 0 Å². The Morgan fingerprint density at radius 1 is 0.818 bits per heavy atom. The lowest BCUT2D eigenvalue weighted by Crippen LogP contribution is -2.28. The van der Waals surface area contributed by atoms with Gasteiger partial charge in [0.05, 0.1) is 6.04 Å². The second kappa shape index (κ2) is 6.65. The standard InChI is InChI=1S/C21H23N/c1-3-17-15-18(4-2)21(19-11-7-5-8-12-19)22(16-17)20-13-9-6-10-14-20/h5-16,21H,3-4H2,1-2H3. The van der Waals surface area contributed by atoms with Crippen LogP contribution in [0.5, 0.6) is 0 Å². The molecule has 0 N–H and O–H groups in total. The van der Waals surface area contributed by atoms with Gasteiger partial charge in [0.2, 0.25) is 0 Å². The van der Waals surface area contributed by atoms with Crippen LogP contribution < -0.4 is 4.90 Å². The summed E-state index contributed by atoms with van der Waals surface area (Å²) >= 11 is 0. The number of para-hydroxylation sites is 1. The van der Waals surface area contributed by atoms with Crippen LogP contribution in [-0.4, -0.2) is 0 Å². The van der Waals surface area contributed by atoms with Crippen molar-refractivity contribution in [3.05, 3.63) is 89.6 Å². The zero-order valence-electron chi connectivity index (χ0n) is 13.4. The molecule has 0 radical (unpaired) electrons. The van der Waals surface area contributed by atoms with Gasteiger partial charge in [0.25, 0.3) is 0 Å². The lowest BCUT2D eigenvalue weighted by molar-refractivity contribution is 0.739. The summed E-state index contributed by atoms with van der Waals surface area (Å²) in [6, 6.07) is 21.8. The first-order chi connectivity index (χ1) is 10.8. The highest BCUT2D eigenvalue weighted by Gasteiger charge is 2.25. The van der Waals surface area contributed by atoms with Gasteiger partial charge < -0.3 is 4.90 Å². The molecular weight excluding hydrogens is 266 g/mol. The van der Waals surface area contributed by atoms with E-state index in [1.807, 2.05) is 0 Å². The molecule has 0 aromatic heterocycles. The van der Waals surface area contributed by atoms with Crippen LogP contribution in [0.25, 0.3) is 0 Å². The second-order valence-corrected chi connectivity index (χ2v) is 5.69. The van der Waals surface area contributed by atoms with E-state index in [-0.39, 0.29) is 0 Å². The van der Waals surface area contributed by atoms with Crippen LogP contribution in [0, 0.1) is 0 Å². The molecule has 1 unspecified atom stereocenters. The number of anilines is 1. The molecular formula is C21H23N. The van der Waals surface area contributed by atoms with Crippen molar-refractivity contribution in [2.45, 2.75) is 32.7 Å². The van der Waals surface area contributed by atoms with Crippen molar-refractivity contribution in [3.63, 3.8) is 0 Å². The highest BCUT2D eigenvalue weighted by molar-refractivity contribution is 5.58. The predicted octanol–water partition coefficient (Wildman–Crippen LogP) is 5.88. The van der Waals surface area contributed by atoms with Crippen molar-refractivity contribution in [2.24, 2.45) is 0 Å². The molecule has 1 aliphatic heterocycles. The van der Waals surface area contributed by atoms with E-state index in [1.54, 1.807) is 0 Å². The number of allylic oxidation sites excluding steroid dienone is 2. The minimum absolute atomic E-state index is 0.295. The average molecular weight is 289 g/mol. The molecule has 0 saturated heterocycles. The Kier molecular flexibility index (Phi) is 4.43. The van der Waals surface area contributed by atoms with Gasteiger partial charge in [0.1, 0.15) is 0 Å². The Bertz CT molecular complexity index is 668. The molecule has 1 heterocycles. The van der Waals surface area contributed by atoms with Crippen molar-refractivity contribution in [1.82, 2.24) is 0 Å². The number of hydrogen-bond acceptors (Lipinski definition) is 1. The molecule has 2 aromatic rings. The highest BCUT2D eigenvalue weighted by atomic mass is 15.2. The van der Waals surface area contributed by atoms with Gasteiger partial charge in [0, 0.05) is 11.9 Å². The van der Waals surface area contributed by atoms with Gasteiger partial charge in [-0.1, -0.05) is 68.5 Å². The van der Waals surface area contributed by atoms with Crippen LogP contribution in [0.1, 0.15) is 38.3 Å². The van der Waals surface area contributed by atoms with E-state index >= 15 is 0 Å². The zero-order valence-corrected chi connectivity index (χ0v) is 13.4. The fourth-order valence-electron chi connectivity index (χ4n) is 3.11. The molecule has 3 rings (SSSR count). The maximum atomic E-state index is 2.42. The summed E-state index contributed by atoms with van der Waals surface area (Å²) in [6.07, 6.45) is 6.83. The number of benzene rings is 2. The maximum absolute atomic E-state index is 2.42. The van der Waals surface area contributed by atoms with Crippen molar-refractivity contribution in [1.29, 1.82) is 0 Å². The van der Waals surface area contributed by atoms with Crippen molar-refractivity contribution >= 4 is 5.69 Å². The SMILES string of the molecule is CCC1=CN(c2ccccc2)C(c2ccccc2)C(CC)=C1. The topological polar surface area (TPSA) is 3.24 Å². The average Bonchev–Trinajstić information content (AvgIpc) is 2.62. The monoisotopic (exact) mass is 289 g/mol. The maximum Gasteiger partial charge on any atom is 0.0802 e. The van der Waals surface area contributed by atoms with E-state index in [1.165, 1.54) is 22.4 Å². The van der Waals surface area contributed by atoms with Gasteiger partial charge in [-0.15, -0.1) is 0 Å². The van der Waals surface area contributed by atoms with Crippen LogP contribution in [0.2, 0.25) is 0 Å². The molecule has 1 atom stereocenters. The summed E-state index contributed by atoms with van der Waals surface area (Å²) in [5.41, 5.74) is 5.48. The molecule has 0 saturated carbocycles. The first kappa shape index (κ1) is 14.6. The van der Waals surface area contributed by atoms with Crippen LogP contribution in [0.15, 0.2) is 84.1 Å². The Morgan fingerprint density at radius 2 is 1.45 bits per heavy atom. The minimum atomic E-state index is 0.295. The summed E-state index contributed by atoms with van der Waals surface area (Å²) in [7, 11) is 0. The third-order valence-electron chi connectivity index (χ3n) is 4.29. The molecule has 112 valence electrons. The van der Waals surface area contributed by atoms with Gasteiger partial charge in [-0.25, -0.2) is 0 Å². The van der Waals surface area contributed by atoms with Crippen molar-refractivity contribution in [2.75, 3.05) is 4.90 Å². The molecule has 1 heteroatoms. The molecule has 0 aliphatic carbocycles. The van der Waals surface area contributed by atoms with E-state index in [4.69, 9.17) is 0 Å². The zero-order chi connectivity index (χ0) is 15.4. The van der Waals surface area contributed by atoms with E-state index < -0.39 is 0 Å².